The number of hydrogen-bond acceptors (Lipinski definition) is 3. The zero-order valence-corrected chi connectivity index (χ0v) is 10.2. The summed E-state index contributed by atoms with van der Waals surface area (Å²) < 4.78 is 13.4. The summed E-state index contributed by atoms with van der Waals surface area (Å²) in [7, 11) is 0. The standard InChI is InChI=1S/C14H16FN3/c15-9-6-7-13-11(8-9)14(18-16)10-4-2-1-3-5-12(10)17-13/h6-8H,1-5,16H2,(H,17,18). The predicted molar refractivity (Wildman–Crippen MR) is 70.8 cm³/mol. The van der Waals surface area contributed by atoms with Crippen molar-refractivity contribution in [2.24, 2.45) is 5.84 Å². The molecule has 1 aliphatic carbocycles. The quantitative estimate of drug-likeness (QED) is 0.461. The van der Waals surface area contributed by atoms with Crippen LogP contribution in [0.4, 0.5) is 10.1 Å². The van der Waals surface area contributed by atoms with Crippen molar-refractivity contribution in [2.75, 3.05) is 5.43 Å². The van der Waals surface area contributed by atoms with Crippen LogP contribution in [0, 0.1) is 5.82 Å². The van der Waals surface area contributed by atoms with E-state index in [0.29, 0.717) is 0 Å². The zero-order chi connectivity index (χ0) is 12.5. The Kier molecular flexibility index (Phi) is 2.88. The first-order valence-electron chi connectivity index (χ1n) is 6.37. The lowest BCUT2D eigenvalue weighted by molar-refractivity contribution is 0.629. The first-order valence-corrected chi connectivity index (χ1v) is 6.37. The summed E-state index contributed by atoms with van der Waals surface area (Å²) in [5.74, 6) is 5.39. The number of aromatic nitrogens is 1. The lowest BCUT2D eigenvalue weighted by atomic mass is 10.0. The van der Waals surface area contributed by atoms with Gasteiger partial charge < -0.3 is 5.43 Å². The van der Waals surface area contributed by atoms with E-state index in [-0.39, 0.29) is 5.82 Å². The molecule has 18 heavy (non-hydrogen) atoms. The number of halogens is 1. The molecule has 1 aliphatic rings. The number of nitrogens with two attached hydrogens (primary N) is 1. The number of anilines is 1. The predicted octanol–water partition coefficient (Wildman–Crippen LogP) is 2.93. The van der Waals surface area contributed by atoms with Gasteiger partial charge in [0.05, 0.1) is 11.2 Å². The van der Waals surface area contributed by atoms with Gasteiger partial charge in [-0.15, -0.1) is 0 Å². The van der Waals surface area contributed by atoms with Gasteiger partial charge in [-0.1, -0.05) is 6.42 Å². The fraction of sp³-hybridized carbons (Fsp3) is 0.357. The van der Waals surface area contributed by atoms with Crippen molar-refractivity contribution in [1.82, 2.24) is 4.98 Å². The Hall–Kier alpha value is -1.68. The number of nitrogens with one attached hydrogen (secondary N) is 1. The topological polar surface area (TPSA) is 50.9 Å². The summed E-state index contributed by atoms with van der Waals surface area (Å²) in [5.41, 5.74) is 6.67. The maximum atomic E-state index is 13.4. The van der Waals surface area contributed by atoms with Gasteiger partial charge in [0.1, 0.15) is 5.82 Å². The number of nitrogens with zero attached hydrogens (tertiary/aromatic N) is 1. The molecule has 0 fully saturated rings. The van der Waals surface area contributed by atoms with Crippen molar-refractivity contribution >= 4 is 16.6 Å². The van der Waals surface area contributed by atoms with E-state index in [2.05, 4.69) is 10.4 Å². The second-order valence-electron chi connectivity index (χ2n) is 4.78. The second kappa shape index (κ2) is 4.53. The van der Waals surface area contributed by atoms with Crippen molar-refractivity contribution in [3.63, 3.8) is 0 Å². The highest BCUT2D eigenvalue weighted by Gasteiger charge is 2.16. The fourth-order valence-electron chi connectivity index (χ4n) is 2.74. The maximum absolute atomic E-state index is 13.4. The summed E-state index contributed by atoms with van der Waals surface area (Å²) in [6, 6.07) is 4.66. The Morgan fingerprint density at radius 1 is 1.17 bits per heavy atom. The van der Waals surface area contributed by atoms with Crippen molar-refractivity contribution in [3.05, 3.63) is 35.3 Å². The van der Waals surface area contributed by atoms with Gasteiger partial charge in [-0.3, -0.25) is 10.8 Å². The van der Waals surface area contributed by atoms with Crippen LogP contribution in [-0.2, 0) is 12.8 Å². The average Bonchev–Trinajstić information content (AvgIpc) is 2.61. The van der Waals surface area contributed by atoms with Crippen LogP contribution < -0.4 is 11.3 Å². The highest BCUT2D eigenvalue weighted by Crippen LogP contribution is 2.32. The second-order valence-corrected chi connectivity index (χ2v) is 4.78. The molecule has 1 aromatic heterocycles. The molecular weight excluding hydrogens is 229 g/mol. The van der Waals surface area contributed by atoms with Gasteiger partial charge in [0, 0.05) is 11.1 Å². The fourth-order valence-corrected chi connectivity index (χ4v) is 2.74. The van der Waals surface area contributed by atoms with Gasteiger partial charge in [0.15, 0.2) is 0 Å². The van der Waals surface area contributed by atoms with Gasteiger partial charge >= 0.3 is 0 Å². The Bertz CT molecular complexity index is 595. The Labute approximate surface area is 105 Å². The van der Waals surface area contributed by atoms with Gasteiger partial charge in [-0.05, 0) is 49.4 Å². The molecule has 1 heterocycles. The van der Waals surface area contributed by atoms with E-state index < -0.39 is 0 Å². The molecule has 0 saturated heterocycles. The van der Waals surface area contributed by atoms with Crippen molar-refractivity contribution in [1.29, 1.82) is 0 Å². The summed E-state index contributed by atoms with van der Waals surface area (Å²) in [6.07, 6.45) is 5.47. The average molecular weight is 245 g/mol. The molecule has 3 rings (SSSR count). The van der Waals surface area contributed by atoms with Crippen LogP contribution in [0.5, 0.6) is 0 Å². The van der Waals surface area contributed by atoms with Crippen LogP contribution >= 0.6 is 0 Å². The summed E-state index contributed by atoms with van der Waals surface area (Å²) in [4.78, 5) is 4.66. The number of nitrogen functional groups attached to an aromatic ring is 1. The first kappa shape index (κ1) is 11.4. The van der Waals surface area contributed by atoms with E-state index in [1.54, 1.807) is 6.07 Å². The zero-order valence-electron chi connectivity index (χ0n) is 10.2. The number of rotatable bonds is 1. The third-order valence-corrected chi connectivity index (χ3v) is 3.62. The minimum atomic E-state index is -0.255. The van der Waals surface area contributed by atoms with Crippen LogP contribution in [0.25, 0.3) is 10.9 Å². The molecule has 1 aromatic carbocycles. The van der Waals surface area contributed by atoms with Gasteiger partial charge in [-0.2, -0.15) is 0 Å². The minimum Gasteiger partial charge on any atom is -0.323 e. The highest BCUT2D eigenvalue weighted by atomic mass is 19.1. The number of aryl methyl sites for hydroxylation is 1. The van der Waals surface area contributed by atoms with Gasteiger partial charge in [0.25, 0.3) is 0 Å². The van der Waals surface area contributed by atoms with Crippen LogP contribution in [0.2, 0.25) is 0 Å². The normalized spacial score (nSPS) is 15.2. The maximum Gasteiger partial charge on any atom is 0.124 e. The molecule has 3 N–H and O–H groups in total. The molecule has 0 aliphatic heterocycles. The molecule has 0 saturated carbocycles. The Balaban J connectivity index is 2.31. The van der Waals surface area contributed by atoms with Crippen LogP contribution in [0.1, 0.15) is 30.5 Å². The summed E-state index contributed by atoms with van der Waals surface area (Å²) in [6.45, 7) is 0. The molecule has 0 radical (unpaired) electrons. The van der Waals surface area contributed by atoms with Crippen molar-refractivity contribution < 1.29 is 4.39 Å². The van der Waals surface area contributed by atoms with Gasteiger partial charge in [-0.25, -0.2) is 4.39 Å². The Morgan fingerprint density at radius 3 is 2.83 bits per heavy atom. The Morgan fingerprint density at radius 2 is 2.00 bits per heavy atom. The highest BCUT2D eigenvalue weighted by molar-refractivity contribution is 5.93. The van der Waals surface area contributed by atoms with Crippen molar-refractivity contribution in [2.45, 2.75) is 32.1 Å². The van der Waals surface area contributed by atoms with E-state index in [1.807, 2.05) is 0 Å². The third-order valence-electron chi connectivity index (χ3n) is 3.62. The minimum absolute atomic E-state index is 0.255. The smallest absolute Gasteiger partial charge is 0.124 e. The molecule has 0 amide bonds. The monoisotopic (exact) mass is 245 g/mol. The third kappa shape index (κ3) is 1.82. The molecule has 2 aromatic rings. The molecule has 0 atom stereocenters. The van der Waals surface area contributed by atoms with E-state index in [0.717, 1.165) is 53.5 Å². The van der Waals surface area contributed by atoms with E-state index in [1.165, 1.54) is 18.6 Å². The SMILES string of the molecule is NNc1c2c(nc3ccc(F)cc13)CCCCC2. The van der Waals surface area contributed by atoms with Crippen molar-refractivity contribution in [3.8, 4) is 0 Å². The van der Waals surface area contributed by atoms with E-state index in [4.69, 9.17) is 5.84 Å². The molecule has 0 spiro atoms. The lowest BCUT2D eigenvalue weighted by Gasteiger charge is -2.14. The van der Waals surface area contributed by atoms with E-state index >= 15 is 0 Å². The first-order chi connectivity index (χ1) is 8.79. The van der Waals surface area contributed by atoms with E-state index in [9.17, 15) is 4.39 Å². The largest absolute Gasteiger partial charge is 0.323 e. The molecule has 94 valence electrons. The molecule has 0 unspecified atom stereocenters. The number of hydrogen-bond donors (Lipinski definition) is 2. The molecule has 4 heteroatoms. The molecular formula is C14H16FN3. The number of benzene rings is 1. The summed E-state index contributed by atoms with van der Waals surface area (Å²) >= 11 is 0. The summed E-state index contributed by atoms with van der Waals surface area (Å²) in [5, 5.41) is 0.776. The molecule has 0 bridgehead atoms. The number of pyridine rings is 1. The number of fused-ring (bicyclic) bond motifs is 2. The molecule has 3 nitrogen and oxygen atoms in total. The van der Waals surface area contributed by atoms with Crippen LogP contribution in [0.3, 0.4) is 0 Å². The lowest BCUT2D eigenvalue weighted by Crippen LogP contribution is -2.12. The van der Waals surface area contributed by atoms with Gasteiger partial charge in [0.2, 0.25) is 0 Å². The number of hydrazine groups is 1. The van der Waals surface area contributed by atoms with Crippen LogP contribution in [0.15, 0.2) is 18.2 Å². The van der Waals surface area contributed by atoms with Crippen LogP contribution in [-0.4, -0.2) is 4.98 Å².